The highest BCUT2D eigenvalue weighted by Gasteiger charge is 2.25. The van der Waals surface area contributed by atoms with Crippen LogP contribution in [-0.4, -0.2) is 78.5 Å². The van der Waals surface area contributed by atoms with Crippen LogP contribution < -0.4 is 20.3 Å². The molecule has 0 radical (unpaired) electrons. The lowest BCUT2D eigenvalue weighted by atomic mass is 10.1. The smallest absolute Gasteiger partial charge is 0.335 e. The minimum absolute atomic E-state index is 0.0291. The predicted molar refractivity (Wildman–Crippen MR) is 148 cm³/mol. The number of aromatic carboxylic acids is 1. The summed E-state index contributed by atoms with van der Waals surface area (Å²) < 4.78 is 3.66. The zero-order valence-electron chi connectivity index (χ0n) is 21.7. The van der Waals surface area contributed by atoms with Gasteiger partial charge in [0.2, 0.25) is 5.91 Å². The van der Waals surface area contributed by atoms with Crippen molar-refractivity contribution in [2.75, 3.05) is 38.5 Å². The molecule has 12 heteroatoms. The van der Waals surface area contributed by atoms with Crippen molar-refractivity contribution in [3.8, 4) is 0 Å². The number of thiazole rings is 1. The van der Waals surface area contributed by atoms with Crippen molar-refractivity contribution in [1.82, 2.24) is 25.2 Å². The number of nitrogens with one attached hydrogen (secondary N) is 3. The van der Waals surface area contributed by atoms with Gasteiger partial charge in [0.1, 0.15) is 0 Å². The molecule has 2 aromatic rings. The highest BCUT2D eigenvalue weighted by Crippen LogP contribution is 2.27. The topological polar surface area (TPSA) is 127 Å². The van der Waals surface area contributed by atoms with Gasteiger partial charge < -0.3 is 25.4 Å². The SMILES string of the molecule is CC[C@H](NC[C@H](Cc1cscn1)NC(=O)c1cc(C(=O)O)cc(N(C)SN(C)C)c1)C(=O)NCC1CC1. The molecule has 0 aliphatic heterocycles. The number of hydrogen-bond acceptors (Lipinski definition) is 9. The second-order valence-electron chi connectivity index (χ2n) is 9.38. The maximum atomic E-state index is 13.3. The molecule has 1 aromatic carbocycles. The van der Waals surface area contributed by atoms with Crippen molar-refractivity contribution >= 4 is 46.9 Å². The molecule has 0 unspecified atom stereocenters. The summed E-state index contributed by atoms with van der Waals surface area (Å²) in [6, 6.07) is 3.86. The predicted octanol–water partition coefficient (Wildman–Crippen LogP) is 2.64. The van der Waals surface area contributed by atoms with Gasteiger partial charge in [0.25, 0.3) is 5.91 Å². The van der Waals surface area contributed by atoms with Gasteiger partial charge in [-0.05, 0) is 57.5 Å². The van der Waals surface area contributed by atoms with Crippen molar-refractivity contribution in [3.05, 3.63) is 45.9 Å². The molecule has 0 spiro atoms. The number of anilines is 1. The Hall–Kier alpha value is -2.67. The van der Waals surface area contributed by atoms with Crippen molar-refractivity contribution in [2.24, 2.45) is 5.92 Å². The Labute approximate surface area is 226 Å². The van der Waals surface area contributed by atoms with E-state index in [0.29, 0.717) is 37.5 Å². The molecule has 1 aliphatic rings. The summed E-state index contributed by atoms with van der Waals surface area (Å²) in [5.74, 6) is -0.933. The van der Waals surface area contributed by atoms with Crippen molar-refractivity contribution in [1.29, 1.82) is 0 Å². The first-order valence-corrected chi connectivity index (χ1v) is 14.0. The van der Waals surface area contributed by atoms with E-state index in [0.717, 1.165) is 5.69 Å². The molecule has 2 amide bonds. The molecule has 0 bridgehead atoms. The van der Waals surface area contributed by atoms with Gasteiger partial charge in [-0.3, -0.25) is 9.59 Å². The van der Waals surface area contributed by atoms with Gasteiger partial charge in [-0.2, -0.15) is 0 Å². The number of carbonyl (C=O) groups is 3. The first-order valence-electron chi connectivity index (χ1n) is 12.3. The molecular weight excluding hydrogens is 512 g/mol. The van der Waals surface area contributed by atoms with Crippen LogP contribution in [0.3, 0.4) is 0 Å². The second-order valence-corrected chi connectivity index (χ2v) is 11.5. The fraction of sp³-hybridized carbons (Fsp3) is 0.520. The Morgan fingerprint density at radius 3 is 2.51 bits per heavy atom. The standard InChI is InChI=1S/C25H36N6O4S2/c1-5-22(24(33)27-12-16-6-7-16)26-13-19(11-20-14-36-15-28-20)29-23(32)17-8-18(25(34)35)10-21(9-17)31(4)37-30(2)3/h8-10,14-16,19,22,26H,5-7,11-13H2,1-4H3,(H,27,33)(H,29,32)(H,34,35)/t19-,22-/m0/s1. The molecule has 202 valence electrons. The Balaban J connectivity index is 1.73. The third-order valence-electron chi connectivity index (χ3n) is 5.95. The van der Waals surface area contributed by atoms with E-state index >= 15 is 0 Å². The van der Waals surface area contributed by atoms with Crippen LogP contribution in [0.2, 0.25) is 0 Å². The van der Waals surface area contributed by atoms with E-state index in [1.54, 1.807) is 22.9 Å². The van der Waals surface area contributed by atoms with E-state index in [1.165, 1.54) is 48.4 Å². The Bertz CT molecular complexity index is 1060. The summed E-state index contributed by atoms with van der Waals surface area (Å²) in [5, 5.41) is 20.9. The molecule has 37 heavy (non-hydrogen) atoms. The third-order valence-corrected chi connectivity index (χ3v) is 7.37. The zero-order valence-corrected chi connectivity index (χ0v) is 23.3. The number of benzene rings is 1. The fourth-order valence-corrected chi connectivity index (χ4v) is 5.03. The number of rotatable bonds is 15. The van der Waals surface area contributed by atoms with Crippen LogP contribution in [0.4, 0.5) is 5.69 Å². The number of nitrogens with zero attached hydrogens (tertiary/aromatic N) is 3. The van der Waals surface area contributed by atoms with Gasteiger partial charge in [-0.15, -0.1) is 11.3 Å². The minimum atomic E-state index is -1.11. The molecule has 1 saturated carbocycles. The molecular formula is C25H36N6O4S2. The van der Waals surface area contributed by atoms with E-state index in [2.05, 4.69) is 20.9 Å². The van der Waals surface area contributed by atoms with Crippen LogP contribution in [0.5, 0.6) is 0 Å². The Morgan fingerprint density at radius 1 is 1.19 bits per heavy atom. The second kappa shape index (κ2) is 13.8. The quantitative estimate of drug-likeness (QED) is 0.248. The molecule has 1 aromatic heterocycles. The summed E-state index contributed by atoms with van der Waals surface area (Å²) in [6.45, 7) is 3.02. The molecule has 1 heterocycles. The van der Waals surface area contributed by atoms with E-state index < -0.39 is 5.97 Å². The lowest BCUT2D eigenvalue weighted by Crippen LogP contribution is -2.50. The van der Waals surface area contributed by atoms with Gasteiger partial charge in [0.15, 0.2) is 0 Å². The molecule has 4 N–H and O–H groups in total. The van der Waals surface area contributed by atoms with E-state index in [4.69, 9.17) is 0 Å². The summed E-state index contributed by atoms with van der Waals surface area (Å²) in [7, 11) is 5.56. The lowest BCUT2D eigenvalue weighted by Gasteiger charge is -2.24. The van der Waals surface area contributed by atoms with Gasteiger partial charge >= 0.3 is 5.97 Å². The summed E-state index contributed by atoms with van der Waals surface area (Å²) >= 11 is 2.85. The van der Waals surface area contributed by atoms with Gasteiger partial charge in [0.05, 0.1) is 22.8 Å². The van der Waals surface area contributed by atoms with Crippen molar-refractivity contribution in [3.63, 3.8) is 0 Å². The lowest BCUT2D eigenvalue weighted by molar-refractivity contribution is -0.123. The third kappa shape index (κ3) is 9.29. The summed E-state index contributed by atoms with van der Waals surface area (Å²) in [6.07, 6.45) is 3.43. The van der Waals surface area contributed by atoms with Crippen LogP contribution >= 0.6 is 23.5 Å². The molecule has 1 fully saturated rings. The number of amides is 2. The molecule has 10 nitrogen and oxygen atoms in total. The van der Waals surface area contributed by atoms with Crippen LogP contribution in [0.1, 0.15) is 52.6 Å². The van der Waals surface area contributed by atoms with Crippen LogP contribution in [0.25, 0.3) is 0 Å². The number of carboxylic acid groups (broad SMARTS) is 1. The van der Waals surface area contributed by atoms with Crippen LogP contribution in [-0.2, 0) is 11.2 Å². The van der Waals surface area contributed by atoms with Crippen molar-refractivity contribution in [2.45, 2.75) is 44.7 Å². The molecule has 2 atom stereocenters. The zero-order chi connectivity index (χ0) is 26.9. The average Bonchev–Trinajstić information content (AvgIpc) is 3.55. The van der Waals surface area contributed by atoms with Gasteiger partial charge in [-0.1, -0.05) is 6.92 Å². The average molecular weight is 549 g/mol. The number of carbonyl (C=O) groups excluding carboxylic acids is 2. The van der Waals surface area contributed by atoms with E-state index in [9.17, 15) is 19.5 Å². The first-order chi connectivity index (χ1) is 17.7. The summed E-state index contributed by atoms with van der Waals surface area (Å²) in [5.41, 5.74) is 3.45. The molecule has 3 rings (SSSR count). The monoisotopic (exact) mass is 548 g/mol. The Kier molecular flexibility index (Phi) is 10.7. The van der Waals surface area contributed by atoms with E-state index in [-0.39, 0.29) is 35.0 Å². The number of hydrogen-bond donors (Lipinski definition) is 4. The fourth-order valence-electron chi connectivity index (χ4n) is 3.77. The highest BCUT2D eigenvalue weighted by atomic mass is 32.2. The van der Waals surface area contributed by atoms with Crippen LogP contribution in [0, 0.1) is 5.92 Å². The molecule has 1 aliphatic carbocycles. The largest absolute Gasteiger partial charge is 0.478 e. The van der Waals surface area contributed by atoms with Crippen molar-refractivity contribution < 1.29 is 19.5 Å². The number of aromatic nitrogens is 1. The Morgan fingerprint density at radius 2 is 1.92 bits per heavy atom. The van der Waals surface area contributed by atoms with Gasteiger partial charge in [-0.25, -0.2) is 14.1 Å². The van der Waals surface area contributed by atoms with E-state index in [1.807, 2.05) is 30.7 Å². The first kappa shape index (κ1) is 28.9. The number of carboxylic acids is 1. The molecule has 0 saturated heterocycles. The summed E-state index contributed by atoms with van der Waals surface area (Å²) in [4.78, 5) is 42.0. The maximum absolute atomic E-state index is 13.3. The van der Waals surface area contributed by atoms with Gasteiger partial charge in [0, 0.05) is 61.4 Å². The highest BCUT2D eigenvalue weighted by molar-refractivity contribution is 7.98. The normalized spacial score (nSPS) is 14.7. The minimum Gasteiger partial charge on any atom is -0.478 e. The maximum Gasteiger partial charge on any atom is 0.335 e. The van der Waals surface area contributed by atoms with Crippen LogP contribution in [0.15, 0.2) is 29.1 Å².